The summed E-state index contributed by atoms with van der Waals surface area (Å²) in [4.78, 5) is 12.8. The number of hydrogen-bond donors (Lipinski definition) is 2. The second kappa shape index (κ2) is 5.34. The normalized spacial score (nSPS) is 11.6. The number of aromatic carboxylic acids is 1. The summed E-state index contributed by atoms with van der Waals surface area (Å²) in [5.41, 5.74) is -0.130. The second-order valence-electron chi connectivity index (χ2n) is 3.66. The number of hydrogen-bond acceptors (Lipinski definition) is 5. The lowest BCUT2D eigenvalue weighted by Crippen LogP contribution is -2.36. The molecule has 0 bridgehead atoms. The lowest BCUT2D eigenvalue weighted by molar-refractivity contribution is 0.0696. The molecular weight excluding hydrogens is 260 g/mol. The summed E-state index contributed by atoms with van der Waals surface area (Å²) in [6.45, 7) is 0. The first-order valence-electron chi connectivity index (χ1n) is 4.89. The van der Waals surface area contributed by atoms with Crippen molar-refractivity contribution >= 4 is 16.0 Å². The maximum atomic E-state index is 12.0. The fourth-order valence-electron chi connectivity index (χ4n) is 1.31. The summed E-state index contributed by atoms with van der Waals surface area (Å²) in [7, 11) is 0.449. The first-order chi connectivity index (χ1) is 8.27. The van der Waals surface area contributed by atoms with Crippen LogP contribution in [0, 0.1) is 0 Å². The summed E-state index contributed by atoms with van der Waals surface area (Å²) >= 11 is 0. The van der Waals surface area contributed by atoms with Crippen LogP contribution in [0.4, 0.5) is 0 Å². The van der Waals surface area contributed by atoms with Gasteiger partial charge in [-0.3, -0.25) is 0 Å². The van der Waals surface area contributed by atoms with Gasteiger partial charge in [-0.05, 0) is 18.2 Å². The molecule has 8 heteroatoms. The molecule has 0 spiro atoms. The largest absolute Gasteiger partial charge is 0.495 e. The standard InChI is InChI=1S/C10H14N2O5S/c1-12(2)11-18(15,16)9-6-7(10(13)14)4-5-8(9)17-3/h4-6,11H,1-3H3,(H,13,14). The van der Waals surface area contributed by atoms with E-state index in [1.165, 1.54) is 38.3 Å². The molecule has 0 radical (unpaired) electrons. The van der Waals surface area contributed by atoms with Crippen LogP contribution in [-0.2, 0) is 10.0 Å². The van der Waals surface area contributed by atoms with Gasteiger partial charge >= 0.3 is 5.97 Å². The second-order valence-corrected chi connectivity index (χ2v) is 5.29. The molecule has 0 atom stereocenters. The predicted octanol–water partition coefficient (Wildman–Crippen LogP) is 0.148. The monoisotopic (exact) mass is 274 g/mol. The Hall–Kier alpha value is -1.64. The van der Waals surface area contributed by atoms with E-state index in [0.717, 1.165) is 6.07 Å². The van der Waals surface area contributed by atoms with Gasteiger partial charge in [0.1, 0.15) is 10.6 Å². The number of hydrazine groups is 1. The van der Waals surface area contributed by atoms with E-state index in [2.05, 4.69) is 4.83 Å². The molecule has 0 unspecified atom stereocenters. The highest BCUT2D eigenvalue weighted by Gasteiger charge is 2.22. The van der Waals surface area contributed by atoms with E-state index in [-0.39, 0.29) is 16.2 Å². The molecule has 1 aromatic rings. The minimum absolute atomic E-state index is 0.0781. The molecule has 1 aromatic carbocycles. The van der Waals surface area contributed by atoms with Gasteiger partial charge in [-0.1, -0.05) is 0 Å². The van der Waals surface area contributed by atoms with Crippen LogP contribution in [0.5, 0.6) is 5.75 Å². The number of rotatable bonds is 5. The average Bonchev–Trinajstić information content (AvgIpc) is 2.26. The predicted molar refractivity (Wildman–Crippen MR) is 64.0 cm³/mol. The summed E-state index contributed by atoms with van der Waals surface area (Å²) in [5, 5.41) is 10.1. The van der Waals surface area contributed by atoms with E-state index in [1.807, 2.05) is 0 Å². The zero-order valence-corrected chi connectivity index (χ0v) is 11.0. The summed E-state index contributed by atoms with van der Waals surface area (Å²) in [6, 6.07) is 3.62. The van der Waals surface area contributed by atoms with Crippen molar-refractivity contribution in [3.8, 4) is 5.75 Å². The van der Waals surface area contributed by atoms with Gasteiger partial charge in [0.15, 0.2) is 0 Å². The fourth-order valence-corrected chi connectivity index (χ4v) is 2.59. The highest BCUT2D eigenvalue weighted by Crippen LogP contribution is 2.24. The minimum atomic E-state index is -3.87. The van der Waals surface area contributed by atoms with E-state index >= 15 is 0 Å². The molecule has 0 aromatic heterocycles. The van der Waals surface area contributed by atoms with Gasteiger partial charge in [-0.15, -0.1) is 4.83 Å². The molecule has 0 heterocycles. The highest BCUT2D eigenvalue weighted by molar-refractivity contribution is 7.89. The maximum absolute atomic E-state index is 12.0. The van der Waals surface area contributed by atoms with Gasteiger partial charge in [0.25, 0.3) is 10.0 Å². The van der Waals surface area contributed by atoms with E-state index in [9.17, 15) is 13.2 Å². The molecule has 2 N–H and O–H groups in total. The number of benzene rings is 1. The SMILES string of the molecule is COc1ccc(C(=O)O)cc1S(=O)(=O)NN(C)C. The van der Waals surface area contributed by atoms with Gasteiger partial charge < -0.3 is 9.84 Å². The van der Waals surface area contributed by atoms with Crippen LogP contribution < -0.4 is 9.57 Å². The highest BCUT2D eigenvalue weighted by atomic mass is 32.2. The summed E-state index contributed by atoms with van der Waals surface area (Å²) in [6.07, 6.45) is 0. The zero-order valence-electron chi connectivity index (χ0n) is 10.2. The van der Waals surface area contributed by atoms with Crippen LogP contribution in [0.15, 0.2) is 23.1 Å². The number of nitrogens with one attached hydrogen (secondary N) is 1. The molecule has 0 saturated heterocycles. The number of ether oxygens (including phenoxy) is 1. The van der Waals surface area contributed by atoms with Crippen molar-refractivity contribution in [3.05, 3.63) is 23.8 Å². The zero-order chi connectivity index (χ0) is 13.9. The summed E-state index contributed by atoms with van der Waals surface area (Å²) < 4.78 is 28.9. The topological polar surface area (TPSA) is 95.9 Å². The average molecular weight is 274 g/mol. The summed E-state index contributed by atoms with van der Waals surface area (Å²) in [5.74, 6) is -1.13. The van der Waals surface area contributed by atoms with Gasteiger partial charge in [-0.2, -0.15) is 0 Å². The van der Waals surface area contributed by atoms with Crippen molar-refractivity contribution < 1.29 is 23.1 Å². The minimum Gasteiger partial charge on any atom is -0.495 e. The fraction of sp³-hybridized carbons (Fsp3) is 0.300. The number of carboxylic acid groups (broad SMARTS) is 1. The van der Waals surface area contributed by atoms with Gasteiger partial charge in [-0.25, -0.2) is 18.2 Å². The lowest BCUT2D eigenvalue weighted by Gasteiger charge is -2.15. The molecule has 100 valence electrons. The third-order valence-corrected chi connectivity index (χ3v) is 3.51. The molecule has 18 heavy (non-hydrogen) atoms. The van der Waals surface area contributed by atoms with E-state index < -0.39 is 16.0 Å². The first-order valence-corrected chi connectivity index (χ1v) is 6.37. The van der Waals surface area contributed by atoms with Crippen molar-refractivity contribution in [3.63, 3.8) is 0 Å². The molecule has 1 rings (SSSR count). The van der Waals surface area contributed by atoms with Crippen molar-refractivity contribution in [1.82, 2.24) is 9.84 Å². The molecule has 0 aliphatic rings. The molecular formula is C10H14N2O5S. The molecule has 7 nitrogen and oxygen atoms in total. The van der Waals surface area contributed by atoms with Gasteiger partial charge in [0.05, 0.1) is 12.7 Å². The smallest absolute Gasteiger partial charge is 0.335 e. The quantitative estimate of drug-likeness (QED) is 0.742. The van der Waals surface area contributed by atoms with Crippen molar-refractivity contribution in [2.75, 3.05) is 21.2 Å². The lowest BCUT2D eigenvalue weighted by atomic mass is 10.2. The first kappa shape index (κ1) is 14.4. The van der Waals surface area contributed by atoms with Crippen LogP contribution in [0.2, 0.25) is 0 Å². The number of methoxy groups -OCH3 is 1. The molecule has 0 saturated carbocycles. The van der Waals surface area contributed by atoms with Crippen molar-refractivity contribution in [2.45, 2.75) is 4.90 Å². The Morgan fingerprint density at radius 1 is 1.39 bits per heavy atom. The Labute approximate surface area is 105 Å². The molecule has 0 aliphatic heterocycles. The van der Waals surface area contributed by atoms with Crippen molar-refractivity contribution in [1.29, 1.82) is 0 Å². The van der Waals surface area contributed by atoms with Crippen molar-refractivity contribution in [2.24, 2.45) is 0 Å². The molecule has 0 amide bonds. The third kappa shape index (κ3) is 3.19. The van der Waals surface area contributed by atoms with Gasteiger partial charge in [0, 0.05) is 14.1 Å². The Bertz CT molecular complexity index is 553. The number of carbonyl (C=O) groups is 1. The number of sulfonamides is 1. The third-order valence-electron chi connectivity index (χ3n) is 2.00. The Morgan fingerprint density at radius 3 is 2.44 bits per heavy atom. The van der Waals surface area contributed by atoms with Crippen LogP contribution in [0.1, 0.15) is 10.4 Å². The number of carboxylic acids is 1. The Morgan fingerprint density at radius 2 is 2.00 bits per heavy atom. The van der Waals surface area contributed by atoms with E-state index in [4.69, 9.17) is 9.84 Å². The van der Waals surface area contributed by atoms with Crippen LogP contribution in [0.3, 0.4) is 0 Å². The van der Waals surface area contributed by atoms with E-state index in [1.54, 1.807) is 0 Å². The van der Waals surface area contributed by atoms with Crippen LogP contribution in [-0.4, -0.2) is 45.7 Å². The number of nitrogens with zero attached hydrogens (tertiary/aromatic N) is 1. The van der Waals surface area contributed by atoms with Crippen LogP contribution in [0.25, 0.3) is 0 Å². The van der Waals surface area contributed by atoms with E-state index in [0.29, 0.717) is 0 Å². The molecule has 0 fully saturated rings. The maximum Gasteiger partial charge on any atom is 0.335 e. The van der Waals surface area contributed by atoms with Gasteiger partial charge in [0.2, 0.25) is 0 Å². The Kier molecular flexibility index (Phi) is 4.28. The van der Waals surface area contributed by atoms with Crippen LogP contribution >= 0.6 is 0 Å². The molecule has 0 aliphatic carbocycles. The Balaban J connectivity index is 3.36.